The smallest absolute Gasteiger partial charge is 0.325 e. The van der Waals surface area contributed by atoms with Crippen LogP contribution in [0.4, 0.5) is 4.79 Å². The third kappa shape index (κ3) is 3.60. The lowest BCUT2D eigenvalue weighted by molar-refractivity contribution is -0.135. The second-order valence-corrected chi connectivity index (χ2v) is 7.26. The van der Waals surface area contributed by atoms with E-state index in [1.807, 2.05) is 25.1 Å². The summed E-state index contributed by atoms with van der Waals surface area (Å²) < 4.78 is 5.41. The predicted octanol–water partition coefficient (Wildman–Crippen LogP) is 1.25. The molecular formula is C18H26N4O4. The molecule has 2 aliphatic rings. The van der Waals surface area contributed by atoms with Crippen molar-refractivity contribution >= 4 is 17.8 Å². The van der Waals surface area contributed by atoms with Crippen molar-refractivity contribution in [2.24, 2.45) is 0 Å². The van der Waals surface area contributed by atoms with E-state index in [4.69, 9.17) is 4.42 Å². The Labute approximate surface area is 152 Å². The Morgan fingerprint density at radius 1 is 1.35 bits per heavy atom. The van der Waals surface area contributed by atoms with Crippen molar-refractivity contribution in [2.45, 2.75) is 43.7 Å². The van der Waals surface area contributed by atoms with E-state index in [0.29, 0.717) is 19.4 Å². The summed E-state index contributed by atoms with van der Waals surface area (Å²) >= 11 is 0. The molecule has 2 N–H and O–H groups in total. The van der Waals surface area contributed by atoms with Crippen LogP contribution in [0.3, 0.4) is 0 Å². The second-order valence-electron chi connectivity index (χ2n) is 7.26. The molecular weight excluding hydrogens is 336 g/mol. The number of nitrogens with one attached hydrogen (secondary N) is 2. The number of furan rings is 1. The van der Waals surface area contributed by atoms with Gasteiger partial charge >= 0.3 is 6.03 Å². The van der Waals surface area contributed by atoms with Crippen LogP contribution in [0.2, 0.25) is 0 Å². The molecule has 0 aromatic carbocycles. The molecule has 26 heavy (non-hydrogen) atoms. The monoisotopic (exact) mass is 362 g/mol. The van der Waals surface area contributed by atoms with E-state index >= 15 is 0 Å². The lowest BCUT2D eigenvalue weighted by Crippen LogP contribution is -2.49. The first-order valence-corrected chi connectivity index (χ1v) is 9.03. The summed E-state index contributed by atoms with van der Waals surface area (Å²) in [6.45, 7) is 0.0683. The van der Waals surface area contributed by atoms with Crippen LogP contribution >= 0.6 is 0 Å². The normalized spacial score (nSPS) is 20.5. The maximum Gasteiger partial charge on any atom is 0.325 e. The summed E-state index contributed by atoms with van der Waals surface area (Å²) in [7, 11) is 3.78. The highest BCUT2D eigenvalue weighted by atomic mass is 16.3. The molecule has 2 heterocycles. The molecule has 1 aliphatic carbocycles. The molecule has 1 spiro atoms. The van der Waals surface area contributed by atoms with Crippen LogP contribution in [-0.4, -0.2) is 60.4 Å². The number of likely N-dealkylation sites (N-methyl/N-ethyl adjacent to an activating group) is 1. The van der Waals surface area contributed by atoms with Crippen molar-refractivity contribution in [3.05, 3.63) is 24.2 Å². The molecule has 142 valence electrons. The maximum absolute atomic E-state index is 12.7. The highest BCUT2D eigenvalue weighted by Gasteiger charge is 2.51. The molecule has 4 amide bonds. The van der Waals surface area contributed by atoms with Gasteiger partial charge in [0, 0.05) is 6.54 Å². The summed E-state index contributed by atoms with van der Waals surface area (Å²) in [4.78, 5) is 40.2. The van der Waals surface area contributed by atoms with Gasteiger partial charge in [0.15, 0.2) is 0 Å². The topological polar surface area (TPSA) is 94.9 Å². The lowest BCUT2D eigenvalue weighted by Gasteiger charge is -2.30. The highest BCUT2D eigenvalue weighted by molar-refractivity contribution is 6.09. The van der Waals surface area contributed by atoms with Gasteiger partial charge in [-0.25, -0.2) is 4.79 Å². The van der Waals surface area contributed by atoms with Crippen LogP contribution in [0.5, 0.6) is 0 Å². The van der Waals surface area contributed by atoms with Crippen LogP contribution in [-0.2, 0) is 9.59 Å². The molecule has 8 nitrogen and oxygen atoms in total. The summed E-state index contributed by atoms with van der Waals surface area (Å²) in [6, 6.07) is 3.05. The van der Waals surface area contributed by atoms with Crippen molar-refractivity contribution in [1.29, 1.82) is 0 Å². The number of nitrogens with zero attached hydrogens (tertiary/aromatic N) is 2. The summed E-state index contributed by atoms with van der Waals surface area (Å²) in [5.74, 6) is 0.110. The molecule has 0 bridgehead atoms. The Balaban J connectivity index is 1.57. The van der Waals surface area contributed by atoms with E-state index in [1.165, 1.54) is 0 Å². The van der Waals surface area contributed by atoms with E-state index < -0.39 is 11.6 Å². The average molecular weight is 362 g/mol. The predicted molar refractivity (Wildman–Crippen MR) is 94.2 cm³/mol. The van der Waals surface area contributed by atoms with Crippen molar-refractivity contribution in [1.82, 2.24) is 20.4 Å². The summed E-state index contributed by atoms with van der Waals surface area (Å²) in [6.07, 6.45) is 5.79. The molecule has 2 fully saturated rings. The van der Waals surface area contributed by atoms with Gasteiger partial charge in [-0.1, -0.05) is 19.3 Å². The average Bonchev–Trinajstić information content (AvgIpc) is 3.20. The number of amides is 4. The third-order valence-electron chi connectivity index (χ3n) is 5.24. The fourth-order valence-corrected chi connectivity index (χ4v) is 3.74. The number of carbonyl (C=O) groups is 3. The number of hydrogen-bond donors (Lipinski definition) is 2. The van der Waals surface area contributed by atoms with Gasteiger partial charge in [0.25, 0.3) is 5.91 Å². The first-order valence-electron chi connectivity index (χ1n) is 9.03. The van der Waals surface area contributed by atoms with Crippen molar-refractivity contribution in [2.75, 3.05) is 27.2 Å². The van der Waals surface area contributed by atoms with E-state index in [2.05, 4.69) is 10.6 Å². The van der Waals surface area contributed by atoms with E-state index in [-0.39, 0.29) is 24.4 Å². The molecule has 1 aromatic rings. The number of imide groups is 1. The van der Waals surface area contributed by atoms with Gasteiger partial charge in [0.1, 0.15) is 17.8 Å². The fourth-order valence-electron chi connectivity index (χ4n) is 3.74. The Bertz CT molecular complexity index is 665. The molecule has 8 heteroatoms. The van der Waals surface area contributed by atoms with Crippen molar-refractivity contribution < 1.29 is 18.8 Å². The maximum atomic E-state index is 12.7. The number of carbonyl (C=O) groups excluding carboxylic acids is 3. The molecule has 3 rings (SSSR count). The van der Waals surface area contributed by atoms with Gasteiger partial charge in [-0.3, -0.25) is 19.4 Å². The van der Waals surface area contributed by atoms with Gasteiger partial charge in [-0.15, -0.1) is 0 Å². The zero-order valence-corrected chi connectivity index (χ0v) is 15.3. The minimum absolute atomic E-state index is 0.123. The van der Waals surface area contributed by atoms with Crippen LogP contribution in [0, 0.1) is 0 Å². The minimum atomic E-state index is -0.796. The largest absolute Gasteiger partial charge is 0.468 e. The molecule has 1 saturated heterocycles. The van der Waals surface area contributed by atoms with Crippen LogP contribution in [0.25, 0.3) is 0 Å². The Hall–Kier alpha value is -2.35. The number of urea groups is 1. The van der Waals surface area contributed by atoms with E-state index in [1.54, 1.807) is 12.3 Å². The van der Waals surface area contributed by atoms with Crippen LogP contribution in [0.1, 0.15) is 43.9 Å². The zero-order valence-electron chi connectivity index (χ0n) is 15.3. The Kier molecular flexibility index (Phi) is 5.31. The van der Waals surface area contributed by atoms with Crippen LogP contribution in [0.15, 0.2) is 22.8 Å². The van der Waals surface area contributed by atoms with Crippen molar-refractivity contribution in [3.63, 3.8) is 0 Å². The summed E-state index contributed by atoms with van der Waals surface area (Å²) in [5.41, 5.74) is -0.796. The first kappa shape index (κ1) is 18.4. The molecule has 1 aromatic heterocycles. The standard InChI is InChI=1S/C18H26N4O4/c1-21(2)13(14-7-6-10-26-14)11-19-15(23)12-22-16(24)18(20-17(22)25)8-4-3-5-9-18/h6-7,10,13H,3-5,8-9,11-12H2,1-2H3,(H,19,23)(H,20,25). The zero-order chi connectivity index (χ0) is 18.7. The SMILES string of the molecule is CN(C)C(CNC(=O)CN1C(=O)NC2(CCCCC2)C1=O)c1ccco1. The Morgan fingerprint density at radius 3 is 2.69 bits per heavy atom. The van der Waals surface area contributed by atoms with Gasteiger partial charge in [-0.05, 0) is 39.1 Å². The minimum Gasteiger partial charge on any atom is -0.468 e. The molecule has 1 saturated carbocycles. The van der Waals surface area contributed by atoms with Gasteiger partial charge in [0.05, 0.1) is 12.3 Å². The van der Waals surface area contributed by atoms with Gasteiger partial charge < -0.3 is 15.1 Å². The molecule has 0 radical (unpaired) electrons. The van der Waals surface area contributed by atoms with E-state index in [9.17, 15) is 14.4 Å². The molecule has 1 unspecified atom stereocenters. The second kappa shape index (κ2) is 7.49. The van der Waals surface area contributed by atoms with Gasteiger partial charge in [-0.2, -0.15) is 0 Å². The summed E-state index contributed by atoms with van der Waals surface area (Å²) in [5, 5.41) is 5.61. The van der Waals surface area contributed by atoms with Crippen molar-refractivity contribution in [3.8, 4) is 0 Å². The quantitative estimate of drug-likeness (QED) is 0.743. The van der Waals surface area contributed by atoms with Gasteiger partial charge in [0.2, 0.25) is 5.91 Å². The lowest BCUT2D eigenvalue weighted by atomic mass is 9.82. The number of hydrogen-bond acceptors (Lipinski definition) is 5. The first-order chi connectivity index (χ1) is 12.4. The third-order valence-corrected chi connectivity index (χ3v) is 5.24. The molecule has 1 atom stereocenters. The number of rotatable bonds is 6. The fraction of sp³-hybridized carbons (Fsp3) is 0.611. The highest BCUT2D eigenvalue weighted by Crippen LogP contribution is 2.33. The Morgan fingerprint density at radius 2 is 2.08 bits per heavy atom. The molecule has 1 aliphatic heterocycles. The van der Waals surface area contributed by atoms with Crippen LogP contribution < -0.4 is 10.6 Å². The van der Waals surface area contributed by atoms with E-state index in [0.717, 1.165) is 29.9 Å².